The van der Waals surface area contributed by atoms with Gasteiger partial charge in [-0.2, -0.15) is 0 Å². The molecule has 2 heterocycles. The lowest BCUT2D eigenvalue weighted by molar-refractivity contribution is 0.174. The van der Waals surface area contributed by atoms with Gasteiger partial charge in [-0.3, -0.25) is 4.98 Å². The third-order valence-electron chi connectivity index (χ3n) is 4.83. The van der Waals surface area contributed by atoms with Crippen LogP contribution in [0.15, 0.2) is 42.5 Å². The van der Waals surface area contributed by atoms with E-state index in [1.807, 2.05) is 6.07 Å². The highest BCUT2D eigenvalue weighted by molar-refractivity contribution is 5.93. The van der Waals surface area contributed by atoms with Crippen molar-refractivity contribution in [2.75, 3.05) is 12.1 Å². The van der Waals surface area contributed by atoms with Crippen LogP contribution >= 0.6 is 0 Å². The quantitative estimate of drug-likeness (QED) is 0.791. The number of nitrogens with zero attached hydrogens (tertiary/aromatic N) is 1. The Morgan fingerprint density at radius 2 is 1.92 bits per heavy atom. The summed E-state index contributed by atoms with van der Waals surface area (Å²) in [7, 11) is 0. The summed E-state index contributed by atoms with van der Waals surface area (Å²) >= 11 is 0. The van der Waals surface area contributed by atoms with E-state index in [4.69, 9.17) is 14.5 Å². The van der Waals surface area contributed by atoms with E-state index in [9.17, 15) is 0 Å². The second kappa shape index (κ2) is 5.41. The summed E-state index contributed by atoms with van der Waals surface area (Å²) in [6, 6.07) is 14.5. The van der Waals surface area contributed by atoms with Crippen LogP contribution in [0.3, 0.4) is 0 Å². The van der Waals surface area contributed by atoms with Crippen molar-refractivity contribution < 1.29 is 9.47 Å². The van der Waals surface area contributed by atoms with E-state index in [1.54, 1.807) is 0 Å². The van der Waals surface area contributed by atoms with Crippen LogP contribution in [0.25, 0.3) is 10.9 Å². The lowest BCUT2D eigenvalue weighted by Gasteiger charge is -2.15. The highest BCUT2D eigenvalue weighted by Crippen LogP contribution is 2.35. The zero-order valence-electron chi connectivity index (χ0n) is 13.3. The van der Waals surface area contributed by atoms with Crippen molar-refractivity contribution in [1.29, 1.82) is 0 Å². The lowest BCUT2D eigenvalue weighted by Crippen LogP contribution is -2.04. The second-order valence-electron chi connectivity index (χ2n) is 6.32. The number of ether oxygens (including phenoxy) is 2. The average molecular weight is 318 g/mol. The van der Waals surface area contributed by atoms with Gasteiger partial charge in [0, 0.05) is 23.3 Å². The van der Waals surface area contributed by atoms with Crippen LogP contribution in [0.1, 0.15) is 23.2 Å². The minimum absolute atomic E-state index is 0.314. The molecule has 4 nitrogen and oxygen atoms in total. The molecule has 0 unspecified atom stereocenters. The highest BCUT2D eigenvalue weighted by atomic mass is 16.7. The third-order valence-corrected chi connectivity index (χ3v) is 4.83. The van der Waals surface area contributed by atoms with Crippen LogP contribution in [0.5, 0.6) is 11.5 Å². The van der Waals surface area contributed by atoms with Gasteiger partial charge in [-0.25, -0.2) is 0 Å². The number of anilines is 1. The fourth-order valence-electron chi connectivity index (χ4n) is 3.65. The van der Waals surface area contributed by atoms with Crippen molar-refractivity contribution in [2.24, 2.45) is 0 Å². The predicted molar refractivity (Wildman–Crippen MR) is 93.7 cm³/mol. The molecule has 0 amide bonds. The highest BCUT2D eigenvalue weighted by Gasteiger charge is 2.19. The van der Waals surface area contributed by atoms with Gasteiger partial charge in [-0.05, 0) is 48.6 Å². The van der Waals surface area contributed by atoms with Crippen LogP contribution in [-0.4, -0.2) is 11.8 Å². The predicted octanol–water partition coefficient (Wildman–Crippen LogP) is 4.06. The van der Waals surface area contributed by atoms with Crippen LogP contribution < -0.4 is 14.8 Å². The zero-order valence-corrected chi connectivity index (χ0v) is 13.3. The summed E-state index contributed by atoms with van der Waals surface area (Å²) in [5, 5.41) is 4.87. The zero-order chi connectivity index (χ0) is 15.9. The Hall–Kier alpha value is -2.75. The Bertz CT molecular complexity index is 936. The van der Waals surface area contributed by atoms with Crippen LogP contribution in [0, 0.1) is 0 Å². The molecule has 0 spiro atoms. The number of pyridine rings is 1. The van der Waals surface area contributed by atoms with Crippen molar-refractivity contribution in [1.82, 2.24) is 4.98 Å². The number of nitrogens with one attached hydrogen (secondary N) is 1. The molecule has 1 N–H and O–H groups in total. The summed E-state index contributed by atoms with van der Waals surface area (Å²) in [6.45, 7) is 1.08. The first-order chi connectivity index (χ1) is 11.9. The number of fused-ring (bicyclic) bond motifs is 3. The Morgan fingerprint density at radius 3 is 2.92 bits per heavy atom. The van der Waals surface area contributed by atoms with Crippen molar-refractivity contribution in [3.05, 3.63) is 59.3 Å². The molecule has 2 aromatic carbocycles. The van der Waals surface area contributed by atoms with E-state index in [0.29, 0.717) is 6.79 Å². The minimum atomic E-state index is 0.314. The first-order valence-corrected chi connectivity index (χ1v) is 8.41. The maximum Gasteiger partial charge on any atom is 0.231 e. The van der Waals surface area contributed by atoms with Gasteiger partial charge in [-0.1, -0.05) is 24.3 Å². The maximum absolute atomic E-state index is 5.48. The van der Waals surface area contributed by atoms with E-state index in [2.05, 4.69) is 41.7 Å². The molecule has 1 aromatic heterocycles. The molecule has 1 aliphatic carbocycles. The molecule has 0 saturated carbocycles. The van der Waals surface area contributed by atoms with E-state index in [-0.39, 0.29) is 0 Å². The smallest absolute Gasteiger partial charge is 0.231 e. The number of para-hydroxylation sites is 1. The molecule has 2 aliphatic rings. The van der Waals surface area contributed by atoms with Gasteiger partial charge in [-0.15, -0.1) is 0 Å². The summed E-state index contributed by atoms with van der Waals surface area (Å²) in [4.78, 5) is 4.84. The number of benzene rings is 2. The SMILES string of the molecule is c1ccc2c(NCc3ccc4c(c3)OCO4)c3c(nc2c1)CCC3. The fourth-order valence-corrected chi connectivity index (χ4v) is 3.65. The van der Waals surface area contributed by atoms with Gasteiger partial charge >= 0.3 is 0 Å². The standard InChI is InChI=1S/C20H18N2O2/c1-2-6-16-14(4-1)20(15-5-3-7-17(15)22-16)21-11-13-8-9-18-19(10-13)24-12-23-18/h1-2,4,6,8-10H,3,5,7,11-12H2,(H,21,22). The van der Waals surface area contributed by atoms with Gasteiger partial charge in [0.25, 0.3) is 0 Å². The number of rotatable bonds is 3. The number of hydrogen-bond donors (Lipinski definition) is 1. The molecular weight excluding hydrogens is 300 g/mol. The van der Waals surface area contributed by atoms with Crippen molar-refractivity contribution in [2.45, 2.75) is 25.8 Å². The molecule has 0 saturated heterocycles. The molecular formula is C20H18N2O2. The van der Waals surface area contributed by atoms with Crippen molar-refractivity contribution in [3.63, 3.8) is 0 Å². The molecule has 5 rings (SSSR count). The van der Waals surface area contributed by atoms with Crippen molar-refractivity contribution >= 4 is 16.6 Å². The first kappa shape index (κ1) is 13.7. The average Bonchev–Trinajstić information content (AvgIpc) is 3.26. The summed E-state index contributed by atoms with van der Waals surface area (Å²) in [6.07, 6.45) is 3.38. The first-order valence-electron chi connectivity index (χ1n) is 8.41. The Morgan fingerprint density at radius 1 is 1.00 bits per heavy atom. The van der Waals surface area contributed by atoms with Gasteiger partial charge in [0.05, 0.1) is 5.52 Å². The third kappa shape index (κ3) is 2.18. The van der Waals surface area contributed by atoms with Gasteiger partial charge in [0.15, 0.2) is 11.5 Å². The lowest BCUT2D eigenvalue weighted by atomic mass is 10.1. The van der Waals surface area contributed by atoms with Crippen molar-refractivity contribution in [3.8, 4) is 11.5 Å². The largest absolute Gasteiger partial charge is 0.454 e. The summed E-state index contributed by atoms with van der Waals surface area (Å²) < 4.78 is 10.9. The minimum Gasteiger partial charge on any atom is -0.454 e. The summed E-state index contributed by atoms with van der Waals surface area (Å²) in [5.74, 6) is 1.66. The Balaban J connectivity index is 1.51. The monoisotopic (exact) mass is 318 g/mol. The molecule has 3 aromatic rings. The maximum atomic E-state index is 5.48. The number of hydrogen-bond acceptors (Lipinski definition) is 4. The molecule has 0 radical (unpaired) electrons. The second-order valence-corrected chi connectivity index (χ2v) is 6.32. The molecule has 24 heavy (non-hydrogen) atoms. The van der Waals surface area contributed by atoms with Gasteiger partial charge in [0.1, 0.15) is 0 Å². The molecule has 1 aliphatic heterocycles. The van der Waals surface area contributed by atoms with E-state index in [1.165, 1.54) is 34.3 Å². The van der Waals surface area contributed by atoms with Gasteiger partial charge in [0.2, 0.25) is 6.79 Å². The van der Waals surface area contributed by atoms with E-state index in [0.717, 1.165) is 36.4 Å². The fraction of sp³-hybridized carbons (Fsp3) is 0.250. The number of aryl methyl sites for hydroxylation is 1. The Labute approximate surface area is 140 Å². The van der Waals surface area contributed by atoms with E-state index < -0.39 is 0 Å². The van der Waals surface area contributed by atoms with Crippen LogP contribution in [-0.2, 0) is 19.4 Å². The Kier molecular flexibility index (Phi) is 3.08. The molecule has 0 bridgehead atoms. The van der Waals surface area contributed by atoms with Crippen LogP contribution in [0.4, 0.5) is 5.69 Å². The number of aromatic nitrogens is 1. The van der Waals surface area contributed by atoms with Crippen LogP contribution in [0.2, 0.25) is 0 Å². The molecule has 0 atom stereocenters. The van der Waals surface area contributed by atoms with E-state index >= 15 is 0 Å². The molecule has 4 heteroatoms. The molecule has 120 valence electrons. The summed E-state index contributed by atoms with van der Waals surface area (Å²) in [5.41, 5.74) is 6.14. The van der Waals surface area contributed by atoms with Gasteiger partial charge < -0.3 is 14.8 Å². The normalized spacial score (nSPS) is 14.8. The topological polar surface area (TPSA) is 43.4 Å². The molecule has 0 fully saturated rings.